The van der Waals surface area contributed by atoms with E-state index in [0.717, 1.165) is 32.1 Å². The highest BCUT2D eigenvalue weighted by Crippen LogP contribution is 2.58. The van der Waals surface area contributed by atoms with E-state index in [0.29, 0.717) is 17.6 Å². The van der Waals surface area contributed by atoms with Gasteiger partial charge in [0.2, 0.25) is 5.91 Å². The zero-order chi connectivity index (χ0) is 19.3. The van der Waals surface area contributed by atoms with Crippen LogP contribution in [-0.2, 0) is 16.6 Å². The molecule has 0 radical (unpaired) electrons. The summed E-state index contributed by atoms with van der Waals surface area (Å²) < 4.78 is 0. The number of phenols is 1. The molecule has 3 nitrogen and oxygen atoms in total. The van der Waals surface area contributed by atoms with Crippen LogP contribution in [0.25, 0.3) is 0 Å². The topological polar surface area (TPSA) is 40.5 Å². The molecule has 3 atom stereocenters. The summed E-state index contributed by atoms with van der Waals surface area (Å²) in [6.45, 7) is 13.0. The van der Waals surface area contributed by atoms with Crippen LogP contribution < -0.4 is 0 Å². The second-order valence-corrected chi connectivity index (χ2v) is 9.52. The summed E-state index contributed by atoms with van der Waals surface area (Å²) in [5, 5.41) is 10.1. The molecule has 2 aliphatic rings. The molecular weight excluding hydrogens is 322 g/mol. The molecule has 1 saturated carbocycles. The van der Waals surface area contributed by atoms with Crippen LogP contribution in [0.4, 0.5) is 0 Å². The Balaban J connectivity index is 2.05. The van der Waals surface area contributed by atoms with Gasteiger partial charge in [-0.25, -0.2) is 0 Å². The average Bonchev–Trinajstić information content (AvgIpc) is 2.54. The Bertz CT molecular complexity index is 687. The van der Waals surface area contributed by atoms with Crippen molar-refractivity contribution in [2.75, 3.05) is 0 Å². The third-order valence-electron chi connectivity index (χ3n) is 7.18. The lowest BCUT2D eigenvalue weighted by Gasteiger charge is -2.56. The van der Waals surface area contributed by atoms with Gasteiger partial charge in [0.1, 0.15) is 5.75 Å². The summed E-state index contributed by atoms with van der Waals surface area (Å²) in [6.07, 6.45) is 5.19. The molecule has 0 bridgehead atoms. The summed E-state index contributed by atoms with van der Waals surface area (Å²) in [5.41, 5.74) is 2.26. The first-order chi connectivity index (χ1) is 12.1. The highest BCUT2D eigenvalue weighted by atomic mass is 16.3. The van der Waals surface area contributed by atoms with Gasteiger partial charge in [-0.15, -0.1) is 0 Å². The van der Waals surface area contributed by atoms with E-state index in [1.807, 2.05) is 6.07 Å². The smallest absolute Gasteiger partial charge is 0.229 e. The van der Waals surface area contributed by atoms with E-state index in [1.54, 1.807) is 6.07 Å². The van der Waals surface area contributed by atoms with Crippen molar-refractivity contribution in [3.63, 3.8) is 0 Å². The number of hydrogen-bond donors (Lipinski definition) is 1. The maximum atomic E-state index is 13.8. The molecule has 0 heterocycles. The highest BCUT2D eigenvalue weighted by Gasteiger charge is 2.56. The van der Waals surface area contributed by atoms with Crippen LogP contribution in [-0.4, -0.2) is 28.0 Å². The second kappa shape index (κ2) is 6.58. The van der Waals surface area contributed by atoms with Crippen LogP contribution in [0.15, 0.2) is 18.2 Å². The highest BCUT2D eigenvalue weighted by molar-refractivity contribution is 5.84. The van der Waals surface area contributed by atoms with E-state index in [1.165, 1.54) is 11.1 Å². The maximum absolute atomic E-state index is 13.8. The van der Waals surface area contributed by atoms with Crippen LogP contribution in [0.2, 0.25) is 0 Å². The molecule has 1 N–H and O–H groups in total. The average molecular weight is 358 g/mol. The van der Waals surface area contributed by atoms with Crippen molar-refractivity contribution >= 4 is 5.91 Å². The molecule has 2 aliphatic carbocycles. The second-order valence-electron chi connectivity index (χ2n) is 9.52. The summed E-state index contributed by atoms with van der Waals surface area (Å²) >= 11 is 0. The van der Waals surface area contributed by atoms with E-state index in [9.17, 15) is 9.90 Å². The van der Waals surface area contributed by atoms with Gasteiger partial charge >= 0.3 is 0 Å². The molecule has 1 fully saturated rings. The molecule has 0 unspecified atom stereocenters. The Morgan fingerprint density at radius 3 is 2.42 bits per heavy atom. The third kappa shape index (κ3) is 2.84. The number of carbonyl (C=O) groups excluding carboxylic acids is 1. The number of hydrogen-bond acceptors (Lipinski definition) is 2. The first kappa shape index (κ1) is 19.3. The van der Waals surface area contributed by atoms with Crippen molar-refractivity contribution in [3.8, 4) is 5.75 Å². The lowest BCUT2D eigenvalue weighted by molar-refractivity contribution is -0.154. The van der Waals surface area contributed by atoms with Gasteiger partial charge in [0, 0.05) is 12.1 Å². The van der Waals surface area contributed by atoms with Crippen molar-refractivity contribution < 1.29 is 9.90 Å². The van der Waals surface area contributed by atoms with Crippen LogP contribution in [0.1, 0.15) is 78.4 Å². The monoisotopic (exact) mass is 357 g/mol. The van der Waals surface area contributed by atoms with Crippen molar-refractivity contribution in [2.45, 2.75) is 91.1 Å². The molecule has 3 rings (SSSR count). The lowest BCUT2D eigenvalue weighted by Crippen LogP contribution is -2.58. The first-order valence-corrected chi connectivity index (χ1v) is 10.3. The van der Waals surface area contributed by atoms with Crippen LogP contribution in [0.3, 0.4) is 0 Å². The first-order valence-electron chi connectivity index (χ1n) is 10.3. The van der Waals surface area contributed by atoms with Gasteiger partial charge in [0.15, 0.2) is 0 Å². The Hall–Kier alpha value is -1.51. The van der Waals surface area contributed by atoms with E-state index < -0.39 is 0 Å². The standard InChI is InChI=1S/C23H35NO2/c1-15(2)24(16(3)4)21(26)23(6)13-7-12-22(5)19-14-18(25)10-8-17(19)9-11-20(22)23/h8,10,14-16,20,25H,7,9,11-13H2,1-6H3/t20-,22-,23+/m1/s1. The van der Waals surface area contributed by atoms with Gasteiger partial charge in [0.25, 0.3) is 0 Å². The quantitative estimate of drug-likeness (QED) is 0.822. The number of rotatable bonds is 3. The van der Waals surface area contributed by atoms with Crippen molar-refractivity contribution in [1.29, 1.82) is 0 Å². The third-order valence-corrected chi connectivity index (χ3v) is 7.18. The van der Waals surface area contributed by atoms with E-state index in [4.69, 9.17) is 0 Å². The Labute approximate surface area is 158 Å². The van der Waals surface area contributed by atoms with Gasteiger partial charge in [-0.2, -0.15) is 0 Å². The Morgan fingerprint density at radius 1 is 1.15 bits per heavy atom. The number of aromatic hydroxyl groups is 1. The van der Waals surface area contributed by atoms with E-state index in [2.05, 4.69) is 52.5 Å². The zero-order valence-corrected chi connectivity index (χ0v) is 17.3. The predicted molar refractivity (Wildman–Crippen MR) is 106 cm³/mol. The fraction of sp³-hybridized carbons (Fsp3) is 0.696. The molecule has 144 valence electrons. The Kier molecular flexibility index (Phi) is 4.87. The fourth-order valence-corrected chi connectivity index (χ4v) is 6.06. The summed E-state index contributed by atoms with van der Waals surface area (Å²) in [6, 6.07) is 6.27. The molecule has 1 amide bonds. The molecule has 1 aromatic carbocycles. The molecule has 1 aromatic rings. The number of amides is 1. The molecular formula is C23H35NO2. The van der Waals surface area contributed by atoms with Crippen LogP contribution in [0, 0.1) is 11.3 Å². The molecule has 0 aliphatic heterocycles. The van der Waals surface area contributed by atoms with Crippen LogP contribution in [0.5, 0.6) is 5.75 Å². The number of aryl methyl sites for hydroxylation is 1. The predicted octanol–water partition coefficient (Wildman–Crippen LogP) is 5.05. The van der Waals surface area contributed by atoms with E-state index >= 15 is 0 Å². The van der Waals surface area contributed by atoms with Gasteiger partial charge < -0.3 is 10.0 Å². The number of nitrogens with zero attached hydrogens (tertiary/aromatic N) is 1. The van der Waals surface area contributed by atoms with E-state index in [-0.39, 0.29) is 22.9 Å². The largest absolute Gasteiger partial charge is 0.508 e. The Morgan fingerprint density at radius 2 is 1.81 bits per heavy atom. The van der Waals surface area contributed by atoms with Crippen molar-refractivity contribution in [2.24, 2.45) is 11.3 Å². The van der Waals surface area contributed by atoms with Gasteiger partial charge in [0.05, 0.1) is 5.41 Å². The number of phenolic OH excluding ortho intramolecular Hbond substituents is 1. The molecule has 26 heavy (non-hydrogen) atoms. The fourth-order valence-electron chi connectivity index (χ4n) is 6.06. The SMILES string of the molecule is CC(C)N(C(=O)[C@@]1(C)CCC[C@]2(C)c3cc(O)ccc3CC[C@@H]12)C(C)C. The minimum atomic E-state index is -0.329. The van der Waals surface area contributed by atoms with Gasteiger partial charge in [-0.1, -0.05) is 26.3 Å². The summed E-state index contributed by atoms with van der Waals surface area (Å²) in [7, 11) is 0. The van der Waals surface area contributed by atoms with Crippen LogP contribution >= 0.6 is 0 Å². The summed E-state index contributed by atoms with van der Waals surface area (Å²) in [4.78, 5) is 15.8. The normalized spacial score (nSPS) is 30.8. The summed E-state index contributed by atoms with van der Waals surface area (Å²) in [5.74, 6) is 0.989. The minimum absolute atomic E-state index is 0.0331. The molecule has 0 saturated heterocycles. The number of benzene rings is 1. The zero-order valence-electron chi connectivity index (χ0n) is 17.3. The minimum Gasteiger partial charge on any atom is -0.508 e. The van der Waals surface area contributed by atoms with Gasteiger partial charge in [-0.05, 0) is 88.0 Å². The number of carbonyl (C=O) groups is 1. The van der Waals surface area contributed by atoms with Crippen molar-refractivity contribution in [1.82, 2.24) is 4.90 Å². The molecule has 0 aromatic heterocycles. The molecule has 0 spiro atoms. The lowest BCUT2D eigenvalue weighted by atomic mass is 9.49. The van der Waals surface area contributed by atoms with Crippen molar-refractivity contribution in [3.05, 3.63) is 29.3 Å². The molecule has 3 heteroatoms. The number of fused-ring (bicyclic) bond motifs is 3. The maximum Gasteiger partial charge on any atom is 0.229 e. The van der Waals surface area contributed by atoms with Gasteiger partial charge in [-0.3, -0.25) is 4.79 Å².